The second-order valence-corrected chi connectivity index (χ2v) is 2.86. The van der Waals surface area contributed by atoms with Crippen molar-refractivity contribution in [2.24, 2.45) is 0 Å². The van der Waals surface area contributed by atoms with E-state index in [9.17, 15) is 0 Å². The van der Waals surface area contributed by atoms with Crippen molar-refractivity contribution in [3.63, 3.8) is 0 Å². The largest absolute Gasteiger partial charge is 0.488 e. The lowest BCUT2D eigenvalue weighted by Gasteiger charge is -2.12. The zero-order valence-corrected chi connectivity index (χ0v) is 8.45. The average Bonchev–Trinajstić information content (AvgIpc) is 2.04. The van der Waals surface area contributed by atoms with Crippen molar-refractivity contribution in [1.29, 1.82) is 0 Å². The van der Waals surface area contributed by atoms with Gasteiger partial charge in [0.25, 0.3) is 0 Å². The molecular weight excluding hydrogens is 188 g/mol. The molecule has 0 aromatic heterocycles. The minimum absolute atomic E-state index is 0. The molecular formula is C8H15BClNO2. The fourth-order valence-electron chi connectivity index (χ4n) is 0.945. The van der Waals surface area contributed by atoms with Crippen LogP contribution in [0.25, 0.3) is 0 Å². The van der Waals surface area contributed by atoms with Gasteiger partial charge in [0.1, 0.15) is 0 Å². The third-order valence-corrected chi connectivity index (χ3v) is 1.71. The molecule has 13 heavy (non-hydrogen) atoms. The average molecular weight is 203 g/mol. The van der Waals surface area contributed by atoms with Gasteiger partial charge in [0.05, 0.1) is 0 Å². The Morgan fingerprint density at radius 1 is 1.15 bits per heavy atom. The molecule has 3 nitrogen and oxygen atoms in total. The Bertz CT molecular complexity index is 229. The molecule has 2 N–H and O–H groups in total. The first-order valence-electron chi connectivity index (χ1n) is 3.74. The molecule has 1 aromatic carbocycles. The number of hydrogen-bond acceptors (Lipinski definition) is 3. The molecule has 0 aliphatic rings. The van der Waals surface area contributed by atoms with Crippen molar-refractivity contribution in [3.8, 4) is 0 Å². The summed E-state index contributed by atoms with van der Waals surface area (Å²) in [5.41, 5.74) is 1.56. The van der Waals surface area contributed by atoms with Crippen LogP contribution in [0.1, 0.15) is 1.43 Å². The van der Waals surface area contributed by atoms with E-state index in [2.05, 4.69) is 0 Å². The van der Waals surface area contributed by atoms with E-state index in [1.807, 2.05) is 31.1 Å². The molecule has 0 amide bonds. The van der Waals surface area contributed by atoms with Crippen LogP contribution in [-0.4, -0.2) is 31.3 Å². The fourth-order valence-corrected chi connectivity index (χ4v) is 0.945. The normalized spacial score (nSPS) is 8.92. The van der Waals surface area contributed by atoms with Crippen LogP contribution in [0, 0.1) is 0 Å². The van der Waals surface area contributed by atoms with Gasteiger partial charge in [-0.1, -0.05) is 12.1 Å². The molecule has 5 heteroatoms. The van der Waals surface area contributed by atoms with Crippen molar-refractivity contribution in [2.75, 3.05) is 19.0 Å². The predicted octanol–water partition coefficient (Wildman–Crippen LogP) is 0.100. The van der Waals surface area contributed by atoms with Crippen LogP contribution in [0.3, 0.4) is 0 Å². The predicted molar refractivity (Wildman–Crippen MR) is 60.0 cm³/mol. The summed E-state index contributed by atoms with van der Waals surface area (Å²) in [6.07, 6.45) is 0. The van der Waals surface area contributed by atoms with Gasteiger partial charge in [-0.2, -0.15) is 0 Å². The molecule has 0 heterocycles. The van der Waals surface area contributed by atoms with E-state index in [1.165, 1.54) is 0 Å². The minimum atomic E-state index is -1.37. The summed E-state index contributed by atoms with van der Waals surface area (Å²) in [6, 6.07) is 7.07. The summed E-state index contributed by atoms with van der Waals surface area (Å²) in [7, 11) is 2.50. The van der Waals surface area contributed by atoms with Gasteiger partial charge in [0.2, 0.25) is 0 Å². The lowest BCUT2D eigenvalue weighted by atomic mass is 9.80. The maximum Gasteiger partial charge on any atom is 0.488 e. The van der Waals surface area contributed by atoms with Gasteiger partial charge < -0.3 is 14.9 Å². The van der Waals surface area contributed by atoms with E-state index < -0.39 is 7.12 Å². The first-order chi connectivity index (χ1) is 5.61. The maximum atomic E-state index is 8.80. The molecule has 0 fully saturated rings. The number of rotatable bonds is 2. The highest BCUT2D eigenvalue weighted by Gasteiger charge is 2.09. The molecule has 0 saturated carbocycles. The van der Waals surface area contributed by atoms with E-state index in [0.29, 0.717) is 5.46 Å². The highest BCUT2D eigenvalue weighted by atomic mass is 35.5. The minimum Gasteiger partial charge on any atom is -0.423 e. The zero-order chi connectivity index (χ0) is 9.14. The molecule has 1 aromatic rings. The van der Waals surface area contributed by atoms with Crippen molar-refractivity contribution < 1.29 is 11.5 Å². The Hall–Kier alpha value is -0.705. The first-order valence-corrected chi connectivity index (χ1v) is 3.74. The lowest BCUT2D eigenvalue weighted by Crippen LogP contribution is -2.29. The molecule has 0 saturated heterocycles. The lowest BCUT2D eigenvalue weighted by molar-refractivity contribution is 0.426. The van der Waals surface area contributed by atoms with Crippen molar-refractivity contribution in [3.05, 3.63) is 24.3 Å². The topological polar surface area (TPSA) is 43.7 Å². The standard InChI is InChI=1S/C8H12BNO2.ClH.H2/c1-10(2)8-5-3-7(4-6-8)9(11)12;;/h3-6,11-12H,1-2H3;2*1H. The quantitative estimate of drug-likeness (QED) is 0.670. The highest BCUT2D eigenvalue weighted by molar-refractivity contribution is 6.58. The molecule has 0 spiro atoms. The molecule has 0 aliphatic heterocycles. The molecule has 0 aliphatic carbocycles. The number of anilines is 1. The third kappa shape index (κ3) is 3.26. The van der Waals surface area contributed by atoms with Gasteiger partial charge in [-0.25, -0.2) is 0 Å². The Kier molecular flexibility index (Phi) is 4.84. The van der Waals surface area contributed by atoms with Crippen LogP contribution >= 0.6 is 12.4 Å². The van der Waals surface area contributed by atoms with Crippen molar-refractivity contribution in [1.82, 2.24) is 0 Å². The van der Waals surface area contributed by atoms with Gasteiger partial charge in [0.15, 0.2) is 0 Å². The fraction of sp³-hybridized carbons (Fsp3) is 0.250. The molecule has 1 rings (SSSR count). The number of benzene rings is 1. The number of halogens is 1. The van der Waals surface area contributed by atoms with Crippen LogP contribution in [0.4, 0.5) is 5.69 Å². The molecule has 0 unspecified atom stereocenters. The van der Waals surface area contributed by atoms with Crippen LogP contribution in [0.2, 0.25) is 0 Å². The van der Waals surface area contributed by atoms with Crippen LogP contribution in [0.15, 0.2) is 24.3 Å². The zero-order valence-electron chi connectivity index (χ0n) is 7.64. The molecule has 0 radical (unpaired) electrons. The second kappa shape index (κ2) is 5.12. The Morgan fingerprint density at radius 3 is 1.92 bits per heavy atom. The summed E-state index contributed by atoms with van der Waals surface area (Å²) < 4.78 is 0. The monoisotopic (exact) mass is 203 g/mol. The SMILES string of the molecule is CN(C)c1ccc(B(O)O)cc1.Cl.[HH]. The Morgan fingerprint density at radius 2 is 1.62 bits per heavy atom. The van der Waals surface area contributed by atoms with E-state index in [-0.39, 0.29) is 13.8 Å². The van der Waals surface area contributed by atoms with Gasteiger partial charge in [-0.15, -0.1) is 12.4 Å². The third-order valence-electron chi connectivity index (χ3n) is 1.71. The summed E-state index contributed by atoms with van der Waals surface area (Å²) in [4.78, 5) is 1.95. The summed E-state index contributed by atoms with van der Waals surface area (Å²) >= 11 is 0. The first kappa shape index (κ1) is 12.3. The van der Waals surface area contributed by atoms with Crippen molar-refractivity contribution in [2.45, 2.75) is 0 Å². The maximum absolute atomic E-state index is 8.80. The van der Waals surface area contributed by atoms with Gasteiger partial charge in [0, 0.05) is 21.2 Å². The molecule has 0 bridgehead atoms. The van der Waals surface area contributed by atoms with Crippen LogP contribution in [-0.2, 0) is 0 Å². The molecule has 74 valence electrons. The summed E-state index contributed by atoms with van der Waals surface area (Å²) in [5.74, 6) is 0. The number of hydrogen-bond donors (Lipinski definition) is 2. The highest BCUT2D eigenvalue weighted by Crippen LogP contribution is 2.07. The van der Waals surface area contributed by atoms with Crippen LogP contribution in [0.5, 0.6) is 0 Å². The van der Waals surface area contributed by atoms with E-state index in [0.717, 1.165) is 5.69 Å². The van der Waals surface area contributed by atoms with E-state index >= 15 is 0 Å². The smallest absolute Gasteiger partial charge is 0.423 e. The van der Waals surface area contributed by atoms with Gasteiger partial charge in [-0.05, 0) is 17.6 Å². The second-order valence-electron chi connectivity index (χ2n) is 2.86. The van der Waals surface area contributed by atoms with Crippen molar-refractivity contribution >= 4 is 30.7 Å². The molecule has 0 atom stereocenters. The van der Waals surface area contributed by atoms with Gasteiger partial charge in [-0.3, -0.25) is 0 Å². The van der Waals surface area contributed by atoms with E-state index in [1.54, 1.807) is 12.1 Å². The van der Waals surface area contributed by atoms with Crippen LogP contribution < -0.4 is 10.4 Å². The van der Waals surface area contributed by atoms with Gasteiger partial charge >= 0.3 is 7.12 Å². The number of nitrogens with zero attached hydrogens (tertiary/aromatic N) is 1. The Labute approximate surface area is 86.0 Å². The summed E-state index contributed by atoms with van der Waals surface area (Å²) in [6.45, 7) is 0. The summed E-state index contributed by atoms with van der Waals surface area (Å²) in [5, 5.41) is 17.6. The van der Waals surface area contributed by atoms with E-state index in [4.69, 9.17) is 10.0 Å². The Balaban J connectivity index is 0.